The highest BCUT2D eigenvalue weighted by molar-refractivity contribution is 5.74. The number of H-pyrrole nitrogens is 1. The van der Waals surface area contributed by atoms with Crippen LogP contribution in [0.15, 0.2) is 53.6 Å². The van der Waals surface area contributed by atoms with Gasteiger partial charge in [-0.3, -0.25) is 4.90 Å². The van der Waals surface area contributed by atoms with Crippen LogP contribution in [0.2, 0.25) is 0 Å². The number of hydrogen-bond acceptors (Lipinski definition) is 6. The number of aromatic amines is 1. The van der Waals surface area contributed by atoms with E-state index in [9.17, 15) is 4.79 Å². The fourth-order valence-corrected chi connectivity index (χ4v) is 3.84. The largest absolute Gasteiger partial charge is 0.368 e. The van der Waals surface area contributed by atoms with Crippen LogP contribution in [0.5, 0.6) is 0 Å². The van der Waals surface area contributed by atoms with Gasteiger partial charge >= 0.3 is 5.69 Å². The van der Waals surface area contributed by atoms with E-state index in [1.54, 1.807) is 10.7 Å². The van der Waals surface area contributed by atoms with Crippen LogP contribution in [0, 0.1) is 0 Å². The third-order valence-corrected chi connectivity index (χ3v) is 5.48. The molecule has 5 heterocycles. The summed E-state index contributed by atoms with van der Waals surface area (Å²) < 4.78 is 1.68. The average molecular weight is 375 g/mol. The number of piperazine rings is 1. The van der Waals surface area contributed by atoms with E-state index < -0.39 is 0 Å². The second-order valence-corrected chi connectivity index (χ2v) is 7.13. The summed E-state index contributed by atoms with van der Waals surface area (Å²) in [5.41, 5.74) is 3.25. The van der Waals surface area contributed by atoms with E-state index in [0.29, 0.717) is 5.65 Å². The zero-order valence-corrected chi connectivity index (χ0v) is 15.6. The minimum Gasteiger partial charge on any atom is -0.368 e. The minimum atomic E-state index is -0.326. The van der Waals surface area contributed by atoms with Crippen LogP contribution in [0.25, 0.3) is 16.7 Å². The topological polar surface area (TPSA) is 82.4 Å². The molecule has 5 rings (SSSR count). The molecule has 1 unspecified atom stereocenters. The van der Waals surface area contributed by atoms with Crippen LogP contribution >= 0.6 is 0 Å². The number of anilines is 1. The smallest absolute Gasteiger partial charge is 0.362 e. The Balaban J connectivity index is 1.30. The molecule has 0 amide bonds. The molecule has 1 N–H and O–H groups in total. The number of rotatable bonds is 3. The number of fused-ring (bicyclic) bond motifs is 2. The van der Waals surface area contributed by atoms with E-state index in [1.807, 2.05) is 30.5 Å². The van der Waals surface area contributed by atoms with Gasteiger partial charge in [-0.2, -0.15) is 4.98 Å². The molecule has 0 aliphatic carbocycles. The molecule has 1 aliphatic rings. The van der Waals surface area contributed by atoms with Crippen molar-refractivity contribution in [1.29, 1.82) is 0 Å². The zero-order valence-electron chi connectivity index (χ0n) is 15.6. The van der Waals surface area contributed by atoms with E-state index in [2.05, 4.69) is 43.9 Å². The first-order chi connectivity index (χ1) is 13.7. The predicted molar refractivity (Wildman–Crippen MR) is 108 cm³/mol. The van der Waals surface area contributed by atoms with Crippen LogP contribution in [-0.4, -0.2) is 55.6 Å². The van der Waals surface area contributed by atoms with Gasteiger partial charge < -0.3 is 4.90 Å². The molecule has 8 nitrogen and oxygen atoms in total. The van der Waals surface area contributed by atoms with Gasteiger partial charge in [0.1, 0.15) is 0 Å². The normalized spacial score (nSPS) is 16.7. The van der Waals surface area contributed by atoms with Gasteiger partial charge in [0.05, 0.1) is 17.6 Å². The lowest BCUT2D eigenvalue weighted by molar-refractivity contribution is 0.195. The lowest BCUT2D eigenvalue weighted by atomic mass is 10.1. The summed E-state index contributed by atoms with van der Waals surface area (Å²) >= 11 is 0. The van der Waals surface area contributed by atoms with Crippen LogP contribution in [0.3, 0.4) is 0 Å². The van der Waals surface area contributed by atoms with Gasteiger partial charge in [-0.05, 0) is 43.3 Å². The van der Waals surface area contributed by atoms with Crippen molar-refractivity contribution < 1.29 is 0 Å². The molecular formula is C20H21N7O. The van der Waals surface area contributed by atoms with Crippen molar-refractivity contribution in [3.63, 3.8) is 0 Å². The molecule has 1 atom stereocenters. The SMILES string of the molecule is CC(c1ccc2cccnc2n1)N1CCN(c2ccc3nc(=O)[nH]n3c2)CC1. The highest BCUT2D eigenvalue weighted by atomic mass is 16.1. The third kappa shape index (κ3) is 3.01. The van der Waals surface area contributed by atoms with Gasteiger partial charge in [0, 0.05) is 43.8 Å². The Hall–Kier alpha value is -3.26. The highest BCUT2D eigenvalue weighted by Gasteiger charge is 2.23. The van der Waals surface area contributed by atoms with Crippen LogP contribution in [-0.2, 0) is 0 Å². The van der Waals surface area contributed by atoms with E-state index in [4.69, 9.17) is 4.98 Å². The van der Waals surface area contributed by atoms with Gasteiger partial charge in [-0.1, -0.05) is 0 Å². The monoisotopic (exact) mass is 375 g/mol. The van der Waals surface area contributed by atoms with E-state index >= 15 is 0 Å². The summed E-state index contributed by atoms with van der Waals surface area (Å²) in [5.74, 6) is 0. The summed E-state index contributed by atoms with van der Waals surface area (Å²) in [7, 11) is 0. The Bertz CT molecular complexity index is 1190. The molecule has 142 valence electrons. The molecule has 1 saturated heterocycles. The molecule has 1 fully saturated rings. The predicted octanol–water partition coefficient (Wildman–Crippen LogP) is 1.85. The minimum absolute atomic E-state index is 0.237. The van der Waals surface area contributed by atoms with Gasteiger partial charge in [0.15, 0.2) is 11.3 Å². The lowest BCUT2D eigenvalue weighted by Gasteiger charge is -2.38. The number of nitrogens with zero attached hydrogens (tertiary/aromatic N) is 6. The van der Waals surface area contributed by atoms with Crippen molar-refractivity contribution in [2.24, 2.45) is 0 Å². The molecule has 28 heavy (non-hydrogen) atoms. The van der Waals surface area contributed by atoms with Gasteiger partial charge in [0.2, 0.25) is 0 Å². The van der Waals surface area contributed by atoms with Crippen molar-refractivity contribution in [2.75, 3.05) is 31.1 Å². The Morgan fingerprint density at radius 3 is 2.75 bits per heavy atom. The van der Waals surface area contributed by atoms with E-state index in [-0.39, 0.29) is 11.7 Å². The Labute approximate surface area is 161 Å². The van der Waals surface area contributed by atoms with Crippen molar-refractivity contribution in [1.82, 2.24) is 29.5 Å². The Kier molecular flexibility index (Phi) is 4.05. The summed E-state index contributed by atoms with van der Waals surface area (Å²) in [4.78, 5) is 29.2. The zero-order chi connectivity index (χ0) is 19.1. The molecule has 0 spiro atoms. The second kappa shape index (κ2) is 6.72. The molecule has 8 heteroatoms. The Morgan fingerprint density at radius 1 is 1.04 bits per heavy atom. The molecule has 0 radical (unpaired) electrons. The third-order valence-electron chi connectivity index (χ3n) is 5.48. The summed E-state index contributed by atoms with van der Waals surface area (Å²) in [6, 6.07) is 12.3. The average Bonchev–Trinajstić information content (AvgIpc) is 3.12. The maximum absolute atomic E-state index is 11.4. The molecule has 0 bridgehead atoms. The van der Waals surface area contributed by atoms with Crippen molar-refractivity contribution in [2.45, 2.75) is 13.0 Å². The van der Waals surface area contributed by atoms with E-state index in [0.717, 1.165) is 48.6 Å². The van der Waals surface area contributed by atoms with Gasteiger partial charge in [-0.25, -0.2) is 24.4 Å². The number of aromatic nitrogens is 5. The maximum Gasteiger partial charge on any atom is 0.362 e. The maximum atomic E-state index is 11.4. The molecule has 0 saturated carbocycles. The summed E-state index contributed by atoms with van der Waals surface area (Å²) in [5, 5.41) is 3.77. The molecule has 1 aliphatic heterocycles. The van der Waals surface area contributed by atoms with Crippen molar-refractivity contribution >= 4 is 22.4 Å². The van der Waals surface area contributed by atoms with Gasteiger partial charge in [-0.15, -0.1) is 0 Å². The Morgan fingerprint density at radius 2 is 1.89 bits per heavy atom. The van der Waals surface area contributed by atoms with Crippen molar-refractivity contribution in [3.05, 3.63) is 65.0 Å². The van der Waals surface area contributed by atoms with Crippen LogP contribution in [0.4, 0.5) is 5.69 Å². The number of pyridine rings is 3. The standard InChI is InChI=1S/C20H21N7O/c1-14(17-6-4-15-3-2-8-21-19(15)22-17)25-9-11-26(12-10-25)16-5-7-18-23-20(28)24-27(18)13-16/h2-8,13-14H,9-12H2,1H3,(H,24,28). The van der Waals surface area contributed by atoms with Crippen LogP contribution in [0.1, 0.15) is 18.7 Å². The summed E-state index contributed by atoms with van der Waals surface area (Å²) in [6.07, 6.45) is 3.71. The molecular weight excluding hydrogens is 354 g/mol. The van der Waals surface area contributed by atoms with Crippen LogP contribution < -0.4 is 10.6 Å². The van der Waals surface area contributed by atoms with Gasteiger partial charge in [0.25, 0.3) is 0 Å². The first kappa shape index (κ1) is 16.9. The fraction of sp³-hybridized carbons (Fsp3) is 0.300. The quantitative estimate of drug-likeness (QED) is 0.588. The lowest BCUT2D eigenvalue weighted by Crippen LogP contribution is -2.47. The number of nitrogens with one attached hydrogen (secondary N) is 1. The first-order valence-corrected chi connectivity index (χ1v) is 9.46. The van der Waals surface area contributed by atoms with E-state index in [1.165, 1.54) is 0 Å². The second-order valence-electron chi connectivity index (χ2n) is 7.13. The molecule has 4 aromatic heterocycles. The molecule has 0 aromatic carbocycles. The number of hydrogen-bond donors (Lipinski definition) is 1. The highest BCUT2D eigenvalue weighted by Crippen LogP contribution is 2.24. The van der Waals surface area contributed by atoms with Crippen molar-refractivity contribution in [3.8, 4) is 0 Å². The fourth-order valence-electron chi connectivity index (χ4n) is 3.84. The first-order valence-electron chi connectivity index (χ1n) is 9.46. The summed E-state index contributed by atoms with van der Waals surface area (Å²) in [6.45, 7) is 5.93. The molecule has 4 aromatic rings.